The van der Waals surface area contributed by atoms with Crippen LogP contribution in [0.4, 0.5) is 13.6 Å². The fourth-order valence-corrected chi connectivity index (χ4v) is 7.94. The van der Waals surface area contributed by atoms with Gasteiger partial charge in [0.15, 0.2) is 0 Å². The molecule has 0 spiro atoms. The number of methoxy groups -OCH3 is 1. The lowest BCUT2D eigenvalue weighted by atomic mass is 9.72. The zero-order valence-corrected chi connectivity index (χ0v) is 27.1. The maximum absolute atomic E-state index is 14.8. The Hall–Kier alpha value is -3.76. The van der Waals surface area contributed by atoms with Gasteiger partial charge in [0, 0.05) is 31.0 Å². The summed E-state index contributed by atoms with van der Waals surface area (Å²) < 4.78 is 35.1. The SMILES string of the molecule is COc1cc(CN(C(=O)c2sc3c(F)ccc(F)c3c2Cl)C2CCC(C(NC(=O)O)C(C)(C)C)CC2)cc(-c2ccncc2)c1. The predicted molar refractivity (Wildman–Crippen MR) is 173 cm³/mol. The number of aromatic nitrogens is 1. The zero-order valence-electron chi connectivity index (χ0n) is 25.6. The van der Waals surface area contributed by atoms with Crippen LogP contribution in [0.3, 0.4) is 0 Å². The van der Waals surface area contributed by atoms with Crippen LogP contribution < -0.4 is 10.1 Å². The van der Waals surface area contributed by atoms with Crippen LogP contribution in [0.5, 0.6) is 5.75 Å². The lowest BCUT2D eigenvalue weighted by molar-refractivity contribution is 0.0545. The van der Waals surface area contributed by atoms with Gasteiger partial charge in [-0.1, -0.05) is 32.4 Å². The number of ether oxygens (including phenoxy) is 1. The normalized spacial score (nSPS) is 17.6. The van der Waals surface area contributed by atoms with Crippen molar-refractivity contribution < 1.29 is 28.2 Å². The van der Waals surface area contributed by atoms with Crippen molar-refractivity contribution in [3.05, 3.63) is 82.0 Å². The van der Waals surface area contributed by atoms with Gasteiger partial charge in [0.25, 0.3) is 5.91 Å². The highest BCUT2D eigenvalue weighted by Crippen LogP contribution is 2.42. The van der Waals surface area contributed by atoms with E-state index < -0.39 is 23.6 Å². The summed E-state index contributed by atoms with van der Waals surface area (Å²) >= 11 is 7.45. The molecule has 7 nitrogen and oxygen atoms in total. The van der Waals surface area contributed by atoms with E-state index in [-0.39, 0.29) is 49.9 Å². The van der Waals surface area contributed by atoms with Gasteiger partial charge in [0.2, 0.25) is 0 Å². The van der Waals surface area contributed by atoms with Crippen molar-refractivity contribution in [3.63, 3.8) is 0 Å². The van der Waals surface area contributed by atoms with Crippen LogP contribution in [-0.2, 0) is 6.54 Å². The Bertz CT molecular complexity index is 1700. The van der Waals surface area contributed by atoms with Crippen molar-refractivity contribution in [2.75, 3.05) is 7.11 Å². The molecule has 1 atom stereocenters. The maximum Gasteiger partial charge on any atom is 0.404 e. The molecule has 2 heterocycles. The molecule has 45 heavy (non-hydrogen) atoms. The third kappa shape index (κ3) is 7.07. The molecule has 2 N–H and O–H groups in total. The summed E-state index contributed by atoms with van der Waals surface area (Å²) in [6.45, 7) is 6.25. The van der Waals surface area contributed by atoms with Crippen LogP contribution in [0.2, 0.25) is 5.02 Å². The molecule has 0 bridgehead atoms. The molecule has 4 aromatic rings. The Morgan fingerprint density at radius 3 is 2.33 bits per heavy atom. The number of carboxylic acid groups (broad SMARTS) is 1. The number of hydrogen-bond donors (Lipinski definition) is 2. The third-order valence-corrected chi connectivity index (χ3v) is 10.2. The van der Waals surface area contributed by atoms with Crippen molar-refractivity contribution in [2.24, 2.45) is 11.3 Å². The monoisotopic (exact) mass is 655 g/mol. The smallest absolute Gasteiger partial charge is 0.404 e. The van der Waals surface area contributed by atoms with Crippen molar-refractivity contribution in [1.29, 1.82) is 0 Å². The van der Waals surface area contributed by atoms with Crippen LogP contribution in [0.1, 0.15) is 61.7 Å². The Labute approximate surface area is 270 Å². The number of carbonyl (C=O) groups is 2. The highest BCUT2D eigenvalue weighted by molar-refractivity contribution is 7.21. The molecule has 0 radical (unpaired) electrons. The number of hydrogen-bond acceptors (Lipinski definition) is 5. The minimum atomic E-state index is -1.06. The number of rotatable bonds is 8. The molecule has 1 unspecified atom stereocenters. The number of fused-ring (bicyclic) bond motifs is 1. The molecule has 2 aromatic heterocycles. The molecule has 2 aromatic carbocycles. The number of nitrogens with one attached hydrogen (secondary N) is 1. The first-order valence-electron chi connectivity index (χ1n) is 14.8. The van der Waals surface area contributed by atoms with Gasteiger partial charge in [-0.3, -0.25) is 9.78 Å². The highest BCUT2D eigenvalue weighted by Gasteiger charge is 2.39. The minimum absolute atomic E-state index is 0.00104. The highest BCUT2D eigenvalue weighted by atomic mass is 35.5. The summed E-state index contributed by atoms with van der Waals surface area (Å²) in [6.07, 6.45) is 4.98. The van der Waals surface area contributed by atoms with Gasteiger partial charge in [-0.15, -0.1) is 11.3 Å². The lowest BCUT2D eigenvalue weighted by Gasteiger charge is -2.43. The summed E-state index contributed by atoms with van der Waals surface area (Å²) in [5, 5.41) is 12.0. The number of amides is 2. The second kappa shape index (κ2) is 13.3. The first kappa shape index (κ1) is 32.6. The van der Waals surface area contributed by atoms with E-state index in [2.05, 4.69) is 10.3 Å². The summed E-state index contributed by atoms with van der Waals surface area (Å²) in [5.41, 5.74) is 2.33. The Balaban J connectivity index is 1.51. The van der Waals surface area contributed by atoms with Crippen molar-refractivity contribution in [2.45, 2.75) is 65.1 Å². The predicted octanol–water partition coefficient (Wildman–Crippen LogP) is 8.79. The molecular formula is C34H36ClF2N3O4S. The van der Waals surface area contributed by atoms with Crippen molar-refractivity contribution in [3.8, 4) is 16.9 Å². The van der Waals surface area contributed by atoms with Crippen LogP contribution in [-0.4, -0.2) is 46.2 Å². The largest absolute Gasteiger partial charge is 0.497 e. The number of carbonyl (C=O) groups excluding carboxylic acids is 1. The van der Waals surface area contributed by atoms with Gasteiger partial charge in [-0.2, -0.15) is 0 Å². The number of thiophene rings is 1. The van der Waals surface area contributed by atoms with E-state index in [9.17, 15) is 23.5 Å². The second-order valence-corrected chi connectivity index (χ2v) is 14.0. The Kier molecular flexibility index (Phi) is 9.65. The molecule has 5 rings (SSSR count). The lowest BCUT2D eigenvalue weighted by Crippen LogP contribution is -2.50. The molecule has 2 amide bonds. The molecule has 1 fully saturated rings. The average molecular weight is 656 g/mol. The first-order valence-corrected chi connectivity index (χ1v) is 16.0. The fraction of sp³-hybridized carbons (Fsp3) is 0.382. The van der Waals surface area contributed by atoms with Gasteiger partial charge >= 0.3 is 6.09 Å². The molecule has 238 valence electrons. The van der Waals surface area contributed by atoms with E-state index in [4.69, 9.17) is 16.3 Å². The molecular weight excluding hydrogens is 620 g/mol. The standard InChI is InChI=1S/C34H36ClF2N3O4S/c1-34(2,3)31(39-33(42)43)21-5-7-23(8-6-21)40(32(41)30-28(35)27-25(36)9-10-26(37)29(27)45-30)18-19-15-22(17-24(16-19)44-4)20-11-13-38-14-12-20/h9-17,21,23,31,39H,5-8,18H2,1-4H3,(H,42,43). The summed E-state index contributed by atoms with van der Waals surface area (Å²) in [4.78, 5) is 31.9. The van der Waals surface area contributed by atoms with Crippen LogP contribution >= 0.6 is 22.9 Å². The van der Waals surface area contributed by atoms with Gasteiger partial charge < -0.3 is 20.1 Å². The second-order valence-electron chi connectivity index (χ2n) is 12.6. The molecule has 1 saturated carbocycles. The van der Waals surface area contributed by atoms with Gasteiger partial charge in [-0.05, 0) is 96.2 Å². The van der Waals surface area contributed by atoms with Crippen molar-refractivity contribution >= 4 is 45.0 Å². The van der Waals surface area contributed by atoms with Crippen LogP contribution in [0.15, 0.2) is 54.9 Å². The van der Waals surface area contributed by atoms with Gasteiger partial charge in [0.05, 0.1) is 22.2 Å². The Morgan fingerprint density at radius 1 is 1.07 bits per heavy atom. The van der Waals surface area contributed by atoms with Gasteiger partial charge in [-0.25, -0.2) is 13.6 Å². The van der Waals surface area contributed by atoms with E-state index in [0.717, 1.165) is 40.2 Å². The summed E-state index contributed by atoms with van der Waals surface area (Å²) in [7, 11) is 1.58. The van der Waals surface area contributed by atoms with E-state index in [0.29, 0.717) is 31.4 Å². The molecule has 0 saturated heterocycles. The topological polar surface area (TPSA) is 91.8 Å². The molecule has 0 aliphatic heterocycles. The Morgan fingerprint density at radius 2 is 1.73 bits per heavy atom. The number of pyridine rings is 1. The zero-order chi connectivity index (χ0) is 32.5. The van der Waals surface area contributed by atoms with Crippen LogP contribution in [0.25, 0.3) is 21.2 Å². The number of halogens is 3. The van der Waals surface area contributed by atoms with Crippen molar-refractivity contribution in [1.82, 2.24) is 15.2 Å². The van der Waals surface area contributed by atoms with E-state index in [1.807, 2.05) is 51.1 Å². The summed E-state index contributed by atoms with van der Waals surface area (Å²) in [5.74, 6) is -1.04. The number of benzene rings is 2. The quantitative estimate of drug-likeness (QED) is 0.198. The van der Waals surface area contributed by atoms with Gasteiger partial charge in [0.1, 0.15) is 22.3 Å². The van der Waals surface area contributed by atoms with E-state index in [1.54, 1.807) is 24.4 Å². The summed E-state index contributed by atoms with van der Waals surface area (Å²) in [6, 6.07) is 11.1. The molecule has 11 heteroatoms. The number of nitrogens with zero attached hydrogens (tertiary/aromatic N) is 2. The average Bonchev–Trinajstić information content (AvgIpc) is 3.38. The molecule has 1 aliphatic rings. The minimum Gasteiger partial charge on any atom is -0.497 e. The van der Waals surface area contributed by atoms with Crippen LogP contribution in [0, 0.1) is 23.0 Å². The fourth-order valence-electron chi connectivity index (χ4n) is 6.43. The molecule has 1 aliphatic carbocycles. The van der Waals surface area contributed by atoms with E-state index in [1.165, 1.54) is 0 Å². The van der Waals surface area contributed by atoms with E-state index >= 15 is 0 Å². The first-order chi connectivity index (χ1) is 21.4. The maximum atomic E-state index is 14.8. The third-order valence-electron chi connectivity index (χ3n) is 8.57.